The van der Waals surface area contributed by atoms with E-state index in [2.05, 4.69) is 13.8 Å². The molecule has 11 heteroatoms. The number of benzene rings is 2. The summed E-state index contributed by atoms with van der Waals surface area (Å²) in [6.45, 7) is 9.23. The molecule has 204 valence electrons. The highest BCUT2D eigenvalue weighted by Crippen LogP contribution is 2.42. The maximum atomic E-state index is 13.2. The van der Waals surface area contributed by atoms with Gasteiger partial charge in [-0.2, -0.15) is 9.78 Å². The van der Waals surface area contributed by atoms with E-state index in [0.717, 1.165) is 26.6 Å². The third-order valence-electron chi connectivity index (χ3n) is 5.99. The Morgan fingerprint density at radius 2 is 1.90 bits per heavy atom. The van der Waals surface area contributed by atoms with Crippen molar-refractivity contribution in [2.75, 3.05) is 20.3 Å². The molecule has 0 atom stereocenters. The van der Waals surface area contributed by atoms with E-state index in [4.69, 9.17) is 47.5 Å². The average molecular weight is 605 g/mol. The zero-order valence-electron chi connectivity index (χ0n) is 22.1. The predicted octanol–water partition coefficient (Wildman–Crippen LogP) is 7.65. The molecule has 5 rings (SSSR count). The van der Waals surface area contributed by atoms with Crippen LogP contribution in [0.4, 0.5) is 0 Å². The van der Waals surface area contributed by atoms with Gasteiger partial charge in [-0.1, -0.05) is 60.5 Å². The Morgan fingerprint density at radius 1 is 1.13 bits per heavy atom. The highest BCUT2D eigenvalue weighted by atomic mass is 35.5. The van der Waals surface area contributed by atoms with E-state index in [1.165, 1.54) is 18.4 Å². The molecule has 0 radical (unpaired) electrons. The van der Waals surface area contributed by atoms with Crippen LogP contribution < -0.4 is 4.74 Å². The van der Waals surface area contributed by atoms with Gasteiger partial charge >= 0.3 is 5.97 Å². The molecule has 0 aliphatic carbocycles. The lowest BCUT2D eigenvalue weighted by atomic mass is 10.0. The lowest BCUT2D eigenvalue weighted by Gasteiger charge is -2.27. The summed E-state index contributed by atoms with van der Waals surface area (Å²) in [7, 11) is 1.36. The van der Waals surface area contributed by atoms with Gasteiger partial charge in [-0.15, -0.1) is 11.8 Å². The van der Waals surface area contributed by atoms with Gasteiger partial charge in [0.2, 0.25) is 5.13 Å². The molecule has 0 spiro atoms. The SMILES string of the molecule is COC(=O)c1c(-c2cc(C)cc(OC3COC3)c2)c(C)nn1-c1nc(-c2ccc(Cl)c(Cl)c2)c(SC(C)C)s1. The minimum Gasteiger partial charge on any atom is -0.486 e. The van der Waals surface area contributed by atoms with Crippen molar-refractivity contribution >= 4 is 52.3 Å². The van der Waals surface area contributed by atoms with Crippen LogP contribution in [-0.4, -0.2) is 52.4 Å². The number of esters is 1. The summed E-state index contributed by atoms with van der Waals surface area (Å²) in [4.78, 5) is 18.2. The Labute approximate surface area is 245 Å². The summed E-state index contributed by atoms with van der Waals surface area (Å²) in [5.41, 5.74) is 5.04. The maximum absolute atomic E-state index is 13.2. The number of ether oxygens (including phenoxy) is 3. The first-order valence-electron chi connectivity index (χ1n) is 12.3. The van der Waals surface area contributed by atoms with E-state index in [9.17, 15) is 4.79 Å². The van der Waals surface area contributed by atoms with Gasteiger partial charge in [-0.25, -0.2) is 9.78 Å². The third-order valence-corrected chi connectivity index (χ3v) is 8.97. The zero-order valence-corrected chi connectivity index (χ0v) is 25.2. The summed E-state index contributed by atoms with van der Waals surface area (Å²) >= 11 is 15.6. The quantitative estimate of drug-likeness (QED) is 0.151. The number of thiazole rings is 1. The van der Waals surface area contributed by atoms with Crippen molar-refractivity contribution in [3.05, 3.63) is 63.4 Å². The smallest absolute Gasteiger partial charge is 0.357 e. The molecule has 0 saturated carbocycles. The largest absolute Gasteiger partial charge is 0.486 e. The highest BCUT2D eigenvalue weighted by Gasteiger charge is 2.28. The van der Waals surface area contributed by atoms with Gasteiger partial charge in [-0.05, 0) is 49.2 Å². The standard InChI is InChI=1S/C28H27Cl2N3O4S2/c1-14(2)38-27-24(17-6-7-21(29)22(30)11-17)31-28(39-27)33-25(26(34)35-5)23(16(4)32-33)18-8-15(3)9-19(10-18)37-20-12-36-13-20/h6-11,14,20H,12-13H2,1-5H3. The van der Waals surface area contributed by atoms with E-state index in [-0.39, 0.29) is 6.10 Å². The molecule has 3 heterocycles. The Bertz CT molecular complexity index is 1550. The van der Waals surface area contributed by atoms with Crippen molar-refractivity contribution in [2.24, 2.45) is 0 Å². The van der Waals surface area contributed by atoms with E-state index in [1.54, 1.807) is 28.6 Å². The minimum absolute atomic E-state index is 0.0236. The monoisotopic (exact) mass is 603 g/mol. The number of carbonyl (C=O) groups excluding carboxylic acids is 1. The summed E-state index contributed by atoms with van der Waals surface area (Å²) in [5, 5.41) is 6.55. The van der Waals surface area contributed by atoms with Crippen LogP contribution in [0.1, 0.15) is 35.6 Å². The molecule has 1 aliphatic heterocycles. The van der Waals surface area contributed by atoms with Crippen molar-refractivity contribution < 1.29 is 19.0 Å². The number of aromatic nitrogens is 3. The molecule has 0 amide bonds. The topological polar surface area (TPSA) is 75.5 Å². The van der Waals surface area contributed by atoms with Gasteiger partial charge in [0, 0.05) is 16.4 Å². The zero-order chi connectivity index (χ0) is 27.8. The number of hydrogen-bond donors (Lipinski definition) is 0. The van der Waals surface area contributed by atoms with Crippen LogP contribution in [0, 0.1) is 13.8 Å². The number of methoxy groups -OCH3 is 1. The number of thioether (sulfide) groups is 1. The van der Waals surface area contributed by atoms with Crippen molar-refractivity contribution in [1.29, 1.82) is 0 Å². The summed E-state index contributed by atoms with van der Waals surface area (Å²) in [6.07, 6.45) is 0.0236. The van der Waals surface area contributed by atoms with Crippen LogP contribution in [0.15, 0.2) is 40.6 Å². The second-order valence-corrected chi connectivity index (χ2v) is 13.1. The van der Waals surface area contributed by atoms with Crippen molar-refractivity contribution in [1.82, 2.24) is 14.8 Å². The fourth-order valence-electron chi connectivity index (χ4n) is 4.24. The first-order valence-corrected chi connectivity index (χ1v) is 14.8. The molecular weight excluding hydrogens is 577 g/mol. The Balaban J connectivity index is 1.65. The van der Waals surface area contributed by atoms with E-state index in [1.807, 2.05) is 38.1 Å². The second-order valence-electron chi connectivity index (χ2n) is 9.45. The van der Waals surface area contributed by atoms with Gasteiger partial charge in [0.25, 0.3) is 0 Å². The summed E-state index contributed by atoms with van der Waals surface area (Å²) in [6, 6.07) is 11.4. The Morgan fingerprint density at radius 3 is 2.54 bits per heavy atom. The first kappa shape index (κ1) is 28.0. The number of rotatable bonds is 8. The molecule has 39 heavy (non-hydrogen) atoms. The Kier molecular flexibility index (Phi) is 8.26. The van der Waals surface area contributed by atoms with Crippen molar-refractivity contribution in [2.45, 2.75) is 43.3 Å². The van der Waals surface area contributed by atoms with Crippen LogP contribution >= 0.6 is 46.3 Å². The van der Waals surface area contributed by atoms with Gasteiger partial charge < -0.3 is 14.2 Å². The molecule has 0 unspecified atom stereocenters. The molecule has 1 saturated heterocycles. The molecule has 7 nitrogen and oxygen atoms in total. The first-order chi connectivity index (χ1) is 18.6. The predicted molar refractivity (Wildman–Crippen MR) is 157 cm³/mol. The number of carbonyl (C=O) groups is 1. The van der Waals surface area contributed by atoms with E-state index < -0.39 is 5.97 Å². The maximum Gasteiger partial charge on any atom is 0.357 e. The highest BCUT2D eigenvalue weighted by molar-refractivity contribution is 8.01. The lowest BCUT2D eigenvalue weighted by molar-refractivity contribution is -0.0796. The van der Waals surface area contributed by atoms with Crippen LogP contribution in [-0.2, 0) is 9.47 Å². The summed E-state index contributed by atoms with van der Waals surface area (Å²) in [5.74, 6) is 0.208. The normalized spacial score (nSPS) is 13.5. The molecule has 2 aromatic carbocycles. The van der Waals surface area contributed by atoms with Crippen LogP contribution in [0.25, 0.3) is 27.5 Å². The fraction of sp³-hybridized carbons (Fsp3) is 0.321. The number of nitrogens with zero attached hydrogens (tertiary/aromatic N) is 3. The van der Waals surface area contributed by atoms with Gasteiger partial charge in [0.1, 0.15) is 11.9 Å². The number of aryl methyl sites for hydroxylation is 2. The molecule has 2 aromatic heterocycles. The van der Waals surface area contributed by atoms with Crippen LogP contribution in [0.2, 0.25) is 10.0 Å². The Hall–Kier alpha value is -2.56. The van der Waals surface area contributed by atoms with Gasteiger partial charge in [-0.3, -0.25) is 0 Å². The molecule has 0 bridgehead atoms. The minimum atomic E-state index is -0.508. The van der Waals surface area contributed by atoms with Gasteiger partial charge in [0.15, 0.2) is 5.69 Å². The van der Waals surface area contributed by atoms with Crippen LogP contribution in [0.5, 0.6) is 5.75 Å². The number of hydrogen-bond acceptors (Lipinski definition) is 8. The molecule has 1 aliphatic rings. The summed E-state index contributed by atoms with van der Waals surface area (Å²) < 4.78 is 19.1. The molecule has 0 N–H and O–H groups in total. The number of halogens is 2. The second kappa shape index (κ2) is 11.5. The van der Waals surface area contributed by atoms with Crippen molar-refractivity contribution in [3.8, 4) is 33.3 Å². The average Bonchev–Trinajstić information content (AvgIpc) is 3.42. The fourth-order valence-corrected chi connectivity index (χ4v) is 7.01. The molecule has 1 fully saturated rings. The van der Waals surface area contributed by atoms with Crippen molar-refractivity contribution in [3.63, 3.8) is 0 Å². The van der Waals surface area contributed by atoms with Crippen LogP contribution in [0.3, 0.4) is 0 Å². The van der Waals surface area contributed by atoms with E-state index >= 15 is 0 Å². The molecule has 4 aromatic rings. The third kappa shape index (κ3) is 5.83. The molecular formula is C28H27Cl2N3O4S2. The van der Waals surface area contributed by atoms with E-state index in [0.29, 0.717) is 56.3 Å². The van der Waals surface area contributed by atoms with Gasteiger partial charge in [0.05, 0.1) is 46.0 Å². The lowest BCUT2D eigenvalue weighted by Crippen LogP contribution is -2.38.